The minimum absolute atomic E-state index is 0.120. The number of carbonyl (C=O) groups is 2. The average Bonchev–Trinajstić information content (AvgIpc) is 2.76. The van der Waals surface area contributed by atoms with Crippen molar-refractivity contribution < 1.29 is 9.59 Å². The van der Waals surface area contributed by atoms with Gasteiger partial charge in [0.15, 0.2) is 0 Å². The Bertz CT molecular complexity index is 444. The molecule has 1 atom stereocenters. The van der Waals surface area contributed by atoms with Gasteiger partial charge in [-0.1, -0.05) is 6.07 Å². The first-order chi connectivity index (χ1) is 8.65. The molecule has 2 amide bonds. The summed E-state index contributed by atoms with van der Waals surface area (Å²) in [6.07, 6.45) is 3.12. The number of nitrogens with one attached hydrogen (secondary N) is 2. The molecule has 6 nitrogen and oxygen atoms in total. The molecule has 0 radical (unpaired) electrons. The molecule has 1 saturated heterocycles. The molecule has 1 aliphatic heterocycles. The van der Waals surface area contributed by atoms with E-state index in [2.05, 4.69) is 15.6 Å². The van der Waals surface area contributed by atoms with Gasteiger partial charge in [-0.25, -0.2) is 0 Å². The van der Waals surface area contributed by atoms with Crippen LogP contribution in [0.25, 0.3) is 0 Å². The second kappa shape index (κ2) is 5.59. The molecule has 0 unspecified atom stereocenters. The SMILES string of the molecule is NC(=O)c1ccc(CNC[C@H]2CCC(=O)N2)cn1. The Morgan fingerprint density at radius 2 is 2.39 bits per heavy atom. The van der Waals surface area contributed by atoms with E-state index >= 15 is 0 Å². The van der Waals surface area contributed by atoms with Crippen LogP contribution in [-0.4, -0.2) is 29.4 Å². The highest BCUT2D eigenvalue weighted by Crippen LogP contribution is 2.05. The van der Waals surface area contributed by atoms with E-state index in [0.29, 0.717) is 13.0 Å². The van der Waals surface area contributed by atoms with E-state index in [1.807, 2.05) is 6.07 Å². The molecule has 1 aromatic heterocycles. The fraction of sp³-hybridized carbons (Fsp3) is 0.417. The highest BCUT2D eigenvalue weighted by molar-refractivity contribution is 5.90. The Labute approximate surface area is 105 Å². The Hall–Kier alpha value is -1.95. The summed E-state index contributed by atoms with van der Waals surface area (Å²) in [5, 5.41) is 6.13. The van der Waals surface area contributed by atoms with Crippen LogP contribution in [0.5, 0.6) is 0 Å². The maximum absolute atomic E-state index is 11.0. The van der Waals surface area contributed by atoms with Gasteiger partial charge in [0.25, 0.3) is 5.91 Å². The van der Waals surface area contributed by atoms with Crippen LogP contribution >= 0.6 is 0 Å². The van der Waals surface area contributed by atoms with Crippen molar-refractivity contribution in [1.82, 2.24) is 15.6 Å². The fourth-order valence-electron chi connectivity index (χ4n) is 1.90. The Kier molecular flexibility index (Phi) is 3.88. The lowest BCUT2D eigenvalue weighted by molar-refractivity contribution is -0.119. The molecule has 96 valence electrons. The highest BCUT2D eigenvalue weighted by Gasteiger charge is 2.19. The van der Waals surface area contributed by atoms with E-state index in [1.54, 1.807) is 12.3 Å². The summed E-state index contributed by atoms with van der Waals surface area (Å²) in [5.74, 6) is -0.405. The van der Waals surface area contributed by atoms with Gasteiger partial charge in [-0.2, -0.15) is 0 Å². The summed E-state index contributed by atoms with van der Waals surface area (Å²) >= 11 is 0. The van der Waals surface area contributed by atoms with Crippen LogP contribution in [0.1, 0.15) is 28.9 Å². The summed E-state index contributed by atoms with van der Waals surface area (Å²) in [5.41, 5.74) is 6.34. The molecule has 0 saturated carbocycles. The molecule has 1 aliphatic rings. The maximum Gasteiger partial charge on any atom is 0.267 e. The van der Waals surface area contributed by atoms with Gasteiger partial charge in [-0.3, -0.25) is 14.6 Å². The van der Waals surface area contributed by atoms with Gasteiger partial charge in [-0.05, 0) is 18.1 Å². The summed E-state index contributed by atoms with van der Waals surface area (Å²) in [6.45, 7) is 1.39. The smallest absolute Gasteiger partial charge is 0.267 e. The van der Waals surface area contributed by atoms with Crippen molar-refractivity contribution in [2.45, 2.75) is 25.4 Å². The first kappa shape index (κ1) is 12.5. The Morgan fingerprint density at radius 1 is 1.56 bits per heavy atom. The van der Waals surface area contributed by atoms with Crippen molar-refractivity contribution in [3.8, 4) is 0 Å². The Morgan fingerprint density at radius 3 is 2.94 bits per heavy atom. The number of pyridine rings is 1. The summed E-state index contributed by atoms with van der Waals surface area (Å²) < 4.78 is 0. The third kappa shape index (κ3) is 3.27. The van der Waals surface area contributed by atoms with E-state index in [4.69, 9.17) is 5.73 Å². The van der Waals surface area contributed by atoms with E-state index in [0.717, 1.165) is 18.5 Å². The lowest BCUT2D eigenvalue weighted by Crippen LogP contribution is -2.35. The third-order valence-electron chi connectivity index (χ3n) is 2.88. The van der Waals surface area contributed by atoms with Crippen molar-refractivity contribution in [1.29, 1.82) is 0 Å². The molecule has 18 heavy (non-hydrogen) atoms. The number of rotatable bonds is 5. The minimum Gasteiger partial charge on any atom is -0.364 e. The standard InChI is InChI=1S/C12H16N4O2/c13-12(18)10-3-1-8(6-15-10)5-14-7-9-2-4-11(17)16-9/h1,3,6,9,14H,2,4-5,7H2,(H2,13,18)(H,16,17)/t9-/m1/s1. The molecule has 4 N–H and O–H groups in total. The van der Waals surface area contributed by atoms with E-state index < -0.39 is 5.91 Å². The molecule has 0 aliphatic carbocycles. The van der Waals surface area contributed by atoms with Crippen LogP contribution in [-0.2, 0) is 11.3 Å². The lowest BCUT2D eigenvalue weighted by atomic mass is 10.2. The monoisotopic (exact) mass is 248 g/mol. The summed E-state index contributed by atoms with van der Waals surface area (Å²) in [4.78, 5) is 25.8. The van der Waals surface area contributed by atoms with E-state index in [-0.39, 0.29) is 17.6 Å². The molecular formula is C12H16N4O2. The topological polar surface area (TPSA) is 97.1 Å². The van der Waals surface area contributed by atoms with Crippen LogP contribution in [0.3, 0.4) is 0 Å². The Balaban J connectivity index is 1.76. The van der Waals surface area contributed by atoms with Crippen molar-refractivity contribution in [3.05, 3.63) is 29.6 Å². The number of hydrogen-bond acceptors (Lipinski definition) is 4. The maximum atomic E-state index is 11.0. The van der Waals surface area contributed by atoms with Gasteiger partial charge in [0.2, 0.25) is 5.91 Å². The molecule has 1 aromatic rings. The summed E-state index contributed by atoms with van der Waals surface area (Å²) in [6, 6.07) is 3.64. The minimum atomic E-state index is -0.525. The summed E-state index contributed by atoms with van der Waals surface area (Å²) in [7, 11) is 0. The fourth-order valence-corrected chi connectivity index (χ4v) is 1.90. The lowest BCUT2D eigenvalue weighted by Gasteiger charge is -2.11. The van der Waals surface area contributed by atoms with Crippen molar-refractivity contribution in [2.75, 3.05) is 6.54 Å². The van der Waals surface area contributed by atoms with Crippen LogP contribution in [0, 0.1) is 0 Å². The van der Waals surface area contributed by atoms with Crippen molar-refractivity contribution in [2.24, 2.45) is 5.73 Å². The highest BCUT2D eigenvalue weighted by atomic mass is 16.2. The number of hydrogen-bond donors (Lipinski definition) is 3. The zero-order chi connectivity index (χ0) is 13.0. The van der Waals surface area contributed by atoms with Gasteiger partial charge < -0.3 is 16.4 Å². The van der Waals surface area contributed by atoms with Gasteiger partial charge in [0, 0.05) is 31.7 Å². The molecule has 2 heterocycles. The molecule has 6 heteroatoms. The molecule has 1 fully saturated rings. The predicted molar refractivity (Wildman–Crippen MR) is 65.6 cm³/mol. The van der Waals surface area contributed by atoms with Crippen LogP contribution < -0.4 is 16.4 Å². The predicted octanol–water partition coefficient (Wildman–Crippen LogP) is -0.451. The van der Waals surface area contributed by atoms with Crippen LogP contribution in [0.4, 0.5) is 0 Å². The normalized spacial score (nSPS) is 18.7. The van der Waals surface area contributed by atoms with Crippen LogP contribution in [0.2, 0.25) is 0 Å². The quantitative estimate of drug-likeness (QED) is 0.657. The second-order valence-electron chi connectivity index (χ2n) is 4.35. The number of nitrogens with two attached hydrogens (primary N) is 1. The molecule has 0 aromatic carbocycles. The van der Waals surface area contributed by atoms with E-state index in [9.17, 15) is 9.59 Å². The van der Waals surface area contributed by atoms with Gasteiger partial charge in [-0.15, -0.1) is 0 Å². The third-order valence-corrected chi connectivity index (χ3v) is 2.88. The van der Waals surface area contributed by atoms with Gasteiger partial charge in [0.1, 0.15) is 5.69 Å². The zero-order valence-electron chi connectivity index (χ0n) is 9.98. The molecule has 0 spiro atoms. The second-order valence-corrected chi connectivity index (χ2v) is 4.35. The van der Waals surface area contributed by atoms with Gasteiger partial charge >= 0.3 is 0 Å². The number of carbonyl (C=O) groups excluding carboxylic acids is 2. The number of nitrogens with zero attached hydrogens (tertiary/aromatic N) is 1. The van der Waals surface area contributed by atoms with Crippen molar-refractivity contribution in [3.63, 3.8) is 0 Å². The van der Waals surface area contributed by atoms with Crippen LogP contribution in [0.15, 0.2) is 18.3 Å². The molecule has 2 rings (SSSR count). The largest absolute Gasteiger partial charge is 0.364 e. The zero-order valence-corrected chi connectivity index (χ0v) is 9.98. The number of primary amides is 1. The number of amides is 2. The first-order valence-electron chi connectivity index (χ1n) is 5.90. The van der Waals surface area contributed by atoms with E-state index in [1.165, 1.54) is 0 Å². The van der Waals surface area contributed by atoms with Gasteiger partial charge in [0.05, 0.1) is 0 Å². The van der Waals surface area contributed by atoms with Crippen molar-refractivity contribution >= 4 is 11.8 Å². The average molecular weight is 248 g/mol. The first-order valence-corrected chi connectivity index (χ1v) is 5.90. The molecule has 0 bridgehead atoms. The number of aromatic nitrogens is 1. The molecular weight excluding hydrogens is 232 g/mol.